The lowest BCUT2D eigenvalue weighted by atomic mass is 10.4. The normalized spacial score (nSPS) is 16.6. The fraction of sp³-hybridized carbons (Fsp3) is 0.636. The van der Waals surface area contributed by atoms with Crippen LogP contribution in [0.4, 0.5) is 0 Å². The van der Waals surface area contributed by atoms with E-state index in [1.807, 2.05) is 25.6 Å². The second kappa shape index (κ2) is 7.22. The van der Waals surface area contributed by atoms with E-state index in [1.165, 1.54) is 0 Å². The first-order valence-electron chi connectivity index (χ1n) is 5.72. The number of rotatable bonds is 2. The Morgan fingerprint density at radius 2 is 2.11 bits per heavy atom. The summed E-state index contributed by atoms with van der Waals surface area (Å²) in [5.74, 6) is 4.32. The minimum Gasteiger partial charge on any atom is -0.444 e. The van der Waals surface area contributed by atoms with Crippen LogP contribution in [0.3, 0.4) is 0 Å². The molecule has 1 aliphatic heterocycles. The summed E-state index contributed by atoms with van der Waals surface area (Å²) in [4.78, 5) is 10.7. The zero-order chi connectivity index (χ0) is 12.3. The number of hydrogen-bond donors (Lipinski definition) is 1. The Labute approximate surface area is 129 Å². The second-order valence-electron chi connectivity index (χ2n) is 4.02. The fourth-order valence-corrected chi connectivity index (χ4v) is 2.55. The third kappa shape index (κ3) is 4.04. The highest BCUT2D eigenvalue weighted by Crippen LogP contribution is 2.11. The van der Waals surface area contributed by atoms with Gasteiger partial charge in [0.1, 0.15) is 12.3 Å². The summed E-state index contributed by atoms with van der Waals surface area (Å²) in [6.45, 7) is 6.20. The third-order valence-corrected chi connectivity index (χ3v) is 3.73. The molecular weight excluding hydrogens is 363 g/mol. The van der Waals surface area contributed by atoms with Crippen molar-refractivity contribution in [2.45, 2.75) is 20.4 Å². The molecule has 0 aromatic carbocycles. The summed E-state index contributed by atoms with van der Waals surface area (Å²) in [7, 11) is 0. The van der Waals surface area contributed by atoms with Gasteiger partial charge >= 0.3 is 0 Å². The van der Waals surface area contributed by atoms with Crippen LogP contribution < -0.4 is 5.73 Å². The van der Waals surface area contributed by atoms with Crippen LogP contribution >= 0.6 is 35.7 Å². The lowest BCUT2D eigenvalue weighted by Crippen LogP contribution is -2.42. The van der Waals surface area contributed by atoms with E-state index >= 15 is 0 Å². The first-order valence-corrected chi connectivity index (χ1v) is 6.88. The molecule has 0 saturated carbocycles. The minimum absolute atomic E-state index is 0. The predicted molar refractivity (Wildman–Crippen MR) is 85.6 cm³/mol. The van der Waals surface area contributed by atoms with Gasteiger partial charge in [0, 0.05) is 24.6 Å². The van der Waals surface area contributed by atoms with Gasteiger partial charge < -0.3 is 15.1 Å². The van der Waals surface area contributed by atoms with Gasteiger partial charge in [0.05, 0.1) is 5.69 Å². The van der Waals surface area contributed by atoms with Crippen LogP contribution in [-0.2, 0) is 6.54 Å². The molecule has 2 rings (SSSR count). The van der Waals surface area contributed by atoms with E-state index in [0.29, 0.717) is 18.4 Å². The highest BCUT2D eigenvalue weighted by atomic mass is 127. The monoisotopic (exact) mass is 382 g/mol. The molecule has 0 atom stereocenters. The van der Waals surface area contributed by atoms with Crippen molar-refractivity contribution in [2.75, 3.05) is 24.6 Å². The Morgan fingerprint density at radius 1 is 1.44 bits per heavy atom. The van der Waals surface area contributed by atoms with Gasteiger partial charge in [0.25, 0.3) is 0 Å². The number of hydrogen-bond acceptors (Lipinski definition) is 4. The summed E-state index contributed by atoms with van der Waals surface area (Å²) in [5, 5.41) is 0. The van der Waals surface area contributed by atoms with Crippen molar-refractivity contribution in [3.63, 3.8) is 0 Å². The molecule has 102 valence electrons. The van der Waals surface area contributed by atoms with Crippen molar-refractivity contribution in [2.24, 2.45) is 10.7 Å². The average Bonchev–Trinajstić information content (AvgIpc) is 2.67. The molecule has 1 saturated heterocycles. The Bertz CT molecular complexity index is 396. The maximum Gasteiger partial charge on any atom is 0.216 e. The molecule has 1 aliphatic rings. The molecule has 0 bridgehead atoms. The summed E-state index contributed by atoms with van der Waals surface area (Å²) in [6.07, 6.45) is 0. The minimum atomic E-state index is 0. The molecule has 1 aromatic heterocycles. The topological polar surface area (TPSA) is 67.7 Å². The number of halogens is 1. The van der Waals surface area contributed by atoms with Crippen molar-refractivity contribution >= 4 is 41.7 Å². The number of aryl methyl sites for hydroxylation is 2. The number of nitrogens with two attached hydrogens (primary N) is 1. The van der Waals surface area contributed by atoms with Crippen molar-refractivity contribution in [3.8, 4) is 0 Å². The fourth-order valence-electron chi connectivity index (χ4n) is 1.65. The van der Waals surface area contributed by atoms with Gasteiger partial charge in [-0.15, -0.1) is 24.0 Å². The number of oxazole rings is 1. The van der Waals surface area contributed by atoms with E-state index in [2.05, 4.69) is 14.9 Å². The zero-order valence-corrected chi connectivity index (χ0v) is 13.8. The van der Waals surface area contributed by atoms with Gasteiger partial charge in [-0.1, -0.05) is 0 Å². The summed E-state index contributed by atoms with van der Waals surface area (Å²) in [6, 6.07) is 0. The molecule has 0 aliphatic carbocycles. The molecule has 0 amide bonds. The largest absolute Gasteiger partial charge is 0.444 e. The highest BCUT2D eigenvalue weighted by Gasteiger charge is 2.12. The molecule has 0 radical (unpaired) electrons. The molecule has 1 fully saturated rings. The van der Waals surface area contributed by atoms with Crippen LogP contribution in [0.1, 0.15) is 17.3 Å². The van der Waals surface area contributed by atoms with Crippen molar-refractivity contribution in [1.29, 1.82) is 0 Å². The number of guanidine groups is 1. The molecule has 0 unspecified atom stereocenters. The maximum atomic E-state index is 5.94. The maximum absolute atomic E-state index is 5.94. The molecule has 2 N–H and O–H groups in total. The Kier molecular flexibility index (Phi) is 6.27. The van der Waals surface area contributed by atoms with E-state index in [0.717, 1.165) is 36.0 Å². The quantitative estimate of drug-likeness (QED) is 0.480. The van der Waals surface area contributed by atoms with Crippen molar-refractivity contribution in [3.05, 3.63) is 17.3 Å². The van der Waals surface area contributed by atoms with Crippen LogP contribution in [0.2, 0.25) is 0 Å². The summed E-state index contributed by atoms with van der Waals surface area (Å²) in [5.41, 5.74) is 6.86. The number of nitrogens with zero attached hydrogens (tertiary/aromatic N) is 3. The lowest BCUT2D eigenvalue weighted by molar-refractivity contribution is 0.447. The van der Waals surface area contributed by atoms with Gasteiger partial charge in [0.2, 0.25) is 5.89 Å². The standard InChI is InChI=1S/C11H18N4OS.HI/c1-8-9(2)16-10(14-8)7-13-11(12)15-3-5-17-6-4-15;/h3-7H2,1-2H3,(H2,12,13);1H. The highest BCUT2D eigenvalue weighted by molar-refractivity contribution is 14.0. The SMILES string of the molecule is Cc1nc(CN=C(N)N2CCSCC2)oc1C.I. The van der Waals surface area contributed by atoms with Crippen LogP contribution in [0.15, 0.2) is 9.41 Å². The molecule has 0 spiro atoms. The van der Waals surface area contributed by atoms with Gasteiger partial charge in [-0.2, -0.15) is 11.8 Å². The molecule has 18 heavy (non-hydrogen) atoms. The Morgan fingerprint density at radius 3 is 2.67 bits per heavy atom. The molecule has 5 nitrogen and oxygen atoms in total. The number of thioether (sulfide) groups is 1. The van der Waals surface area contributed by atoms with Crippen LogP contribution in [-0.4, -0.2) is 40.4 Å². The van der Waals surface area contributed by atoms with Gasteiger partial charge in [-0.25, -0.2) is 9.98 Å². The van der Waals surface area contributed by atoms with Gasteiger partial charge in [0.15, 0.2) is 5.96 Å². The van der Waals surface area contributed by atoms with E-state index in [4.69, 9.17) is 10.2 Å². The van der Waals surface area contributed by atoms with E-state index in [-0.39, 0.29) is 24.0 Å². The molecule has 2 heterocycles. The van der Waals surface area contributed by atoms with E-state index < -0.39 is 0 Å². The lowest BCUT2D eigenvalue weighted by Gasteiger charge is -2.27. The average molecular weight is 382 g/mol. The molecule has 1 aromatic rings. The smallest absolute Gasteiger partial charge is 0.216 e. The van der Waals surface area contributed by atoms with Gasteiger partial charge in [-0.3, -0.25) is 0 Å². The predicted octanol–water partition coefficient (Wildman–Crippen LogP) is 1.77. The Hall–Kier alpha value is -0.440. The zero-order valence-electron chi connectivity index (χ0n) is 10.7. The Balaban J connectivity index is 0.00000162. The molecule has 7 heteroatoms. The molecular formula is C11H19IN4OS. The van der Waals surface area contributed by atoms with Crippen LogP contribution in [0, 0.1) is 13.8 Å². The first-order chi connectivity index (χ1) is 8.16. The van der Waals surface area contributed by atoms with Crippen molar-refractivity contribution < 1.29 is 4.42 Å². The third-order valence-electron chi connectivity index (χ3n) is 2.78. The van der Waals surface area contributed by atoms with Crippen LogP contribution in [0.5, 0.6) is 0 Å². The second-order valence-corrected chi connectivity index (χ2v) is 5.25. The summed E-state index contributed by atoms with van der Waals surface area (Å²) >= 11 is 1.95. The van der Waals surface area contributed by atoms with Crippen LogP contribution in [0.25, 0.3) is 0 Å². The van der Waals surface area contributed by atoms with Crippen molar-refractivity contribution in [1.82, 2.24) is 9.88 Å². The first kappa shape index (κ1) is 15.6. The summed E-state index contributed by atoms with van der Waals surface area (Å²) < 4.78 is 5.46. The number of aliphatic imine (C=N–C) groups is 1. The van der Waals surface area contributed by atoms with E-state index in [9.17, 15) is 0 Å². The van der Waals surface area contributed by atoms with Gasteiger partial charge in [-0.05, 0) is 13.8 Å². The van der Waals surface area contributed by atoms with E-state index in [1.54, 1.807) is 0 Å². The number of aromatic nitrogens is 1.